The molecule has 1 rings (SSSR count). The van der Waals surface area contributed by atoms with Gasteiger partial charge in [0.05, 0.1) is 11.4 Å². The lowest BCUT2D eigenvalue weighted by Crippen LogP contribution is -2.32. The van der Waals surface area contributed by atoms with E-state index in [1.165, 1.54) is 13.1 Å². The molecule has 0 amide bonds. The maximum atomic E-state index is 11.7. The summed E-state index contributed by atoms with van der Waals surface area (Å²) in [5.41, 5.74) is 6.53. The highest BCUT2D eigenvalue weighted by Gasteiger charge is 2.10. The normalized spacial score (nSPS) is 11.8. The number of rotatable bonds is 9. The molecule has 0 bridgehead atoms. The van der Waals surface area contributed by atoms with E-state index in [1.54, 1.807) is 18.2 Å². The summed E-state index contributed by atoms with van der Waals surface area (Å²) in [7, 11) is -2.06. The maximum Gasteiger partial charge on any atom is 0.240 e. The van der Waals surface area contributed by atoms with Crippen molar-refractivity contribution in [3.8, 4) is 0 Å². The predicted molar refractivity (Wildman–Crippen MR) is 103 cm³/mol. The molecule has 4 N–H and O–H groups in total. The van der Waals surface area contributed by atoms with Gasteiger partial charge < -0.3 is 15.8 Å². The van der Waals surface area contributed by atoms with Crippen molar-refractivity contribution in [3.05, 3.63) is 29.8 Å². The van der Waals surface area contributed by atoms with Crippen LogP contribution < -0.4 is 15.8 Å². The second-order valence-corrected chi connectivity index (χ2v) is 6.42. The molecule has 0 aromatic heterocycles. The minimum atomic E-state index is -3.44. The van der Waals surface area contributed by atoms with E-state index < -0.39 is 10.0 Å². The van der Waals surface area contributed by atoms with E-state index >= 15 is 0 Å². The molecule has 0 aliphatic heterocycles. The first kappa shape index (κ1) is 22.1. The Balaban J connectivity index is 0.00000484. The van der Waals surface area contributed by atoms with Gasteiger partial charge in [0, 0.05) is 19.8 Å². The van der Waals surface area contributed by atoms with E-state index in [1.807, 2.05) is 6.92 Å². The molecule has 1 aromatic carbocycles. The third-order valence-electron chi connectivity index (χ3n) is 2.89. The van der Waals surface area contributed by atoms with Gasteiger partial charge in [0.25, 0.3) is 0 Å². The highest BCUT2D eigenvalue weighted by molar-refractivity contribution is 14.0. The van der Waals surface area contributed by atoms with E-state index in [0.717, 1.165) is 12.0 Å². The van der Waals surface area contributed by atoms with Crippen LogP contribution in [0.15, 0.2) is 34.2 Å². The van der Waals surface area contributed by atoms with Gasteiger partial charge in [-0.15, -0.1) is 24.0 Å². The van der Waals surface area contributed by atoms with Crippen molar-refractivity contribution in [2.24, 2.45) is 10.7 Å². The molecule has 132 valence electrons. The van der Waals surface area contributed by atoms with Crippen LogP contribution in [0.25, 0.3) is 0 Å². The predicted octanol–water partition coefficient (Wildman–Crippen LogP) is 1.04. The van der Waals surface area contributed by atoms with Gasteiger partial charge in [-0.25, -0.2) is 18.1 Å². The monoisotopic (exact) mass is 456 g/mol. The van der Waals surface area contributed by atoms with Gasteiger partial charge in [-0.05, 0) is 38.1 Å². The van der Waals surface area contributed by atoms with Crippen molar-refractivity contribution in [1.82, 2.24) is 10.0 Å². The van der Waals surface area contributed by atoms with Gasteiger partial charge in [0.15, 0.2) is 5.96 Å². The van der Waals surface area contributed by atoms with Crippen LogP contribution in [-0.2, 0) is 21.3 Å². The SMILES string of the molecule is CCOCCCNC(N)=NCc1cccc(S(=O)(=O)NC)c1.I. The van der Waals surface area contributed by atoms with E-state index in [0.29, 0.717) is 32.3 Å². The lowest BCUT2D eigenvalue weighted by atomic mass is 10.2. The quantitative estimate of drug-likeness (QED) is 0.223. The third-order valence-corrected chi connectivity index (χ3v) is 4.30. The van der Waals surface area contributed by atoms with Crippen molar-refractivity contribution in [2.75, 3.05) is 26.8 Å². The van der Waals surface area contributed by atoms with E-state index in [9.17, 15) is 8.42 Å². The summed E-state index contributed by atoms with van der Waals surface area (Å²) in [4.78, 5) is 4.40. The zero-order valence-electron chi connectivity index (χ0n) is 13.4. The van der Waals surface area contributed by atoms with Crippen molar-refractivity contribution in [2.45, 2.75) is 24.8 Å². The summed E-state index contributed by atoms with van der Waals surface area (Å²) >= 11 is 0. The second kappa shape index (κ2) is 11.6. The molecule has 0 saturated carbocycles. The standard InChI is InChI=1S/C14H24N4O3S.HI/c1-3-21-9-5-8-17-14(15)18-11-12-6-4-7-13(10-12)22(19,20)16-2;/h4,6-7,10,16H,3,5,8-9,11H2,1-2H3,(H3,15,17,18);1H. The Hall–Kier alpha value is -0.910. The summed E-state index contributed by atoms with van der Waals surface area (Å²) in [6.45, 7) is 4.34. The van der Waals surface area contributed by atoms with Crippen molar-refractivity contribution < 1.29 is 13.2 Å². The Morgan fingerprint density at radius 2 is 2.13 bits per heavy atom. The number of halogens is 1. The van der Waals surface area contributed by atoms with Crippen LogP contribution in [0.2, 0.25) is 0 Å². The van der Waals surface area contributed by atoms with Crippen LogP contribution in [0.5, 0.6) is 0 Å². The Morgan fingerprint density at radius 1 is 1.39 bits per heavy atom. The number of aliphatic imine (C=N–C) groups is 1. The third kappa shape index (κ3) is 8.49. The topological polar surface area (TPSA) is 106 Å². The van der Waals surface area contributed by atoms with Crippen molar-refractivity contribution >= 4 is 40.0 Å². The molecule has 7 nitrogen and oxygen atoms in total. The summed E-state index contributed by atoms with van der Waals surface area (Å²) in [6, 6.07) is 6.60. The van der Waals surface area contributed by atoms with Crippen LogP contribution >= 0.6 is 24.0 Å². The minimum Gasteiger partial charge on any atom is -0.382 e. The molecule has 0 heterocycles. The van der Waals surface area contributed by atoms with Gasteiger partial charge in [0.2, 0.25) is 10.0 Å². The first-order valence-corrected chi connectivity index (χ1v) is 8.62. The number of ether oxygens (including phenoxy) is 1. The lowest BCUT2D eigenvalue weighted by Gasteiger charge is -2.07. The molecule has 0 atom stereocenters. The molecule has 9 heteroatoms. The van der Waals surface area contributed by atoms with E-state index in [2.05, 4.69) is 15.0 Å². The number of nitrogens with two attached hydrogens (primary N) is 1. The molecule has 0 radical (unpaired) electrons. The molecule has 0 unspecified atom stereocenters. The molecule has 0 aliphatic rings. The molecular weight excluding hydrogens is 431 g/mol. The molecule has 23 heavy (non-hydrogen) atoms. The highest BCUT2D eigenvalue weighted by atomic mass is 127. The van der Waals surface area contributed by atoms with E-state index in [4.69, 9.17) is 10.5 Å². The van der Waals surface area contributed by atoms with Gasteiger partial charge in [0.1, 0.15) is 0 Å². The Kier molecular flexibility index (Phi) is 11.1. The highest BCUT2D eigenvalue weighted by Crippen LogP contribution is 2.11. The first-order chi connectivity index (χ1) is 10.5. The average Bonchev–Trinajstić information content (AvgIpc) is 2.53. The largest absolute Gasteiger partial charge is 0.382 e. The molecule has 0 aliphatic carbocycles. The Labute approximate surface area is 155 Å². The van der Waals surface area contributed by atoms with Crippen molar-refractivity contribution in [1.29, 1.82) is 0 Å². The fraction of sp³-hybridized carbons (Fsp3) is 0.500. The number of nitrogens with zero attached hydrogens (tertiary/aromatic N) is 1. The summed E-state index contributed by atoms with van der Waals surface area (Å²) in [6.07, 6.45) is 0.847. The summed E-state index contributed by atoms with van der Waals surface area (Å²) < 4.78 is 30.9. The molecular formula is C14H25IN4O3S. The number of nitrogens with one attached hydrogen (secondary N) is 2. The smallest absolute Gasteiger partial charge is 0.240 e. The van der Waals surface area contributed by atoms with Crippen LogP contribution in [-0.4, -0.2) is 41.2 Å². The van der Waals surface area contributed by atoms with E-state index in [-0.39, 0.29) is 28.9 Å². The summed E-state index contributed by atoms with van der Waals surface area (Å²) in [5, 5.41) is 2.98. The van der Waals surface area contributed by atoms with Gasteiger partial charge in [-0.1, -0.05) is 12.1 Å². The van der Waals surface area contributed by atoms with Crippen LogP contribution in [0.3, 0.4) is 0 Å². The number of guanidine groups is 1. The second-order valence-electron chi connectivity index (χ2n) is 4.53. The number of hydrogen-bond donors (Lipinski definition) is 3. The van der Waals surface area contributed by atoms with Gasteiger partial charge in [-0.2, -0.15) is 0 Å². The summed E-state index contributed by atoms with van der Waals surface area (Å²) in [5.74, 6) is 0.332. The van der Waals surface area contributed by atoms with Crippen LogP contribution in [0, 0.1) is 0 Å². The van der Waals surface area contributed by atoms with Crippen molar-refractivity contribution in [3.63, 3.8) is 0 Å². The fourth-order valence-electron chi connectivity index (χ4n) is 1.70. The van der Waals surface area contributed by atoms with Gasteiger partial charge in [-0.3, -0.25) is 0 Å². The molecule has 0 spiro atoms. The number of hydrogen-bond acceptors (Lipinski definition) is 4. The number of sulfonamides is 1. The fourth-order valence-corrected chi connectivity index (χ4v) is 2.50. The minimum absolute atomic E-state index is 0. The zero-order valence-corrected chi connectivity index (χ0v) is 16.6. The Morgan fingerprint density at radius 3 is 2.78 bits per heavy atom. The average molecular weight is 456 g/mol. The lowest BCUT2D eigenvalue weighted by molar-refractivity contribution is 0.145. The van der Waals surface area contributed by atoms with Gasteiger partial charge >= 0.3 is 0 Å². The first-order valence-electron chi connectivity index (χ1n) is 7.13. The number of benzene rings is 1. The Bertz CT molecular complexity index is 593. The molecule has 0 fully saturated rings. The molecule has 0 saturated heterocycles. The van der Waals surface area contributed by atoms with Crippen LogP contribution in [0.4, 0.5) is 0 Å². The van der Waals surface area contributed by atoms with Crippen LogP contribution in [0.1, 0.15) is 18.9 Å². The molecule has 1 aromatic rings. The zero-order chi connectivity index (χ0) is 16.4. The maximum absolute atomic E-state index is 11.7.